The molecule has 5 nitrogen and oxygen atoms in total. The number of anilines is 2. The van der Waals surface area contributed by atoms with Crippen molar-refractivity contribution in [1.29, 1.82) is 0 Å². The van der Waals surface area contributed by atoms with Gasteiger partial charge in [0.1, 0.15) is 0 Å². The number of halogens is 1. The Hall–Kier alpha value is -2.83. The second-order valence-corrected chi connectivity index (χ2v) is 9.30. The predicted molar refractivity (Wildman–Crippen MR) is 122 cm³/mol. The molecule has 1 N–H and O–H groups in total. The van der Waals surface area contributed by atoms with Gasteiger partial charge in [0.25, 0.3) is 15.9 Å². The zero-order valence-corrected chi connectivity index (χ0v) is 18.6. The SMILES string of the molecule is CCc1cccc(C)c1NC(=O)c1cccc(N(C)S(=O)(=O)c2ccc(Cl)cc2)c1. The van der Waals surface area contributed by atoms with Crippen LogP contribution in [0.15, 0.2) is 71.6 Å². The van der Waals surface area contributed by atoms with Gasteiger partial charge in [0.15, 0.2) is 0 Å². The van der Waals surface area contributed by atoms with Crippen molar-refractivity contribution >= 4 is 38.9 Å². The number of nitrogens with one attached hydrogen (secondary N) is 1. The third kappa shape index (κ3) is 4.50. The molecule has 0 aromatic heterocycles. The largest absolute Gasteiger partial charge is 0.321 e. The number of aryl methyl sites for hydroxylation is 2. The van der Waals surface area contributed by atoms with E-state index in [1.54, 1.807) is 24.3 Å². The maximum atomic E-state index is 12.9. The van der Waals surface area contributed by atoms with Crippen molar-refractivity contribution in [3.8, 4) is 0 Å². The molecule has 7 heteroatoms. The molecular weight excluding hydrogens is 420 g/mol. The molecule has 3 rings (SSSR count). The Morgan fingerprint density at radius 3 is 2.37 bits per heavy atom. The van der Waals surface area contributed by atoms with E-state index in [-0.39, 0.29) is 10.8 Å². The maximum absolute atomic E-state index is 12.9. The fourth-order valence-corrected chi connectivity index (χ4v) is 4.45. The van der Waals surface area contributed by atoms with Gasteiger partial charge in [0.2, 0.25) is 0 Å². The highest BCUT2D eigenvalue weighted by atomic mass is 35.5. The third-order valence-corrected chi connectivity index (χ3v) is 6.97. The molecule has 0 atom stereocenters. The number of amides is 1. The Labute approximate surface area is 182 Å². The minimum absolute atomic E-state index is 0.122. The molecule has 1 amide bonds. The lowest BCUT2D eigenvalue weighted by Crippen LogP contribution is -2.27. The summed E-state index contributed by atoms with van der Waals surface area (Å²) in [5.41, 5.74) is 3.56. The van der Waals surface area contributed by atoms with Crippen molar-refractivity contribution < 1.29 is 13.2 Å². The summed E-state index contributed by atoms with van der Waals surface area (Å²) in [6, 6.07) is 18.4. The number of carbonyl (C=O) groups is 1. The maximum Gasteiger partial charge on any atom is 0.264 e. The van der Waals surface area contributed by atoms with Crippen LogP contribution in [0, 0.1) is 6.92 Å². The van der Waals surface area contributed by atoms with Crippen molar-refractivity contribution in [2.45, 2.75) is 25.2 Å². The van der Waals surface area contributed by atoms with Crippen molar-refractivity contribution in [2.75, 3.05) is 16.7 Å². The van der Waals surface area contributed by atoms with Crippen LogP contribution in [0.25, 0.3) is 0 Å². The number of carbonyl (C=O) groups excluding carboxylic acids is 1. The number of sulfonamides is 1. The molecule has 3 aromatic carbocycles. The van der Waals surface area contributed by atoms with E-state index >= 15 is 0 Å². The molecule has 0 radical (unpaired) electrons. The van der Waals surface area contributed by atoms with Crippen molar-refractivity contribution in [1.82, 2.24) is 0 Å². The minimum Gasteiger partial charge on any atom is -0.321 e. The van der Waals surface area contributed by atoms with Crippen LogP contribution in [-0.4, -0.2) is 21.4 Å². The highest BCUT2D eigenvalue weighted by Gasteiger charge is 2.22. The number of hydrogen-bond acceptors (Lipinski definition) is 3. The monoisotopic (exact) mass is 442 g/mol. The van der Waals surface area contributed by atoms with Crippen LogP contribution in [0.4, 0.5) is 11.4 Å². The number of rotatable bonds is 6. The van der Waals surface area contributed by atoms with Crippen LogP contribution in [0.3, 0.4) is 0 Å². The van der Waals surface area contributed by atoms with Gasteiger partial charge in [0.05, 0.1) is 10.6 Å². The van der Waals surface area contributed by atoms with Gasteiger partial charge in [-0.25, -0.2) is 8.42 Å². The van der Waals surface area contributed by atoms with Crippen LogP contribution >= 0.6 is 11.6 Å². The fraction of sp³-hybridized carbons (Fsp3) is 0.174. The van der Waals surface area contributed by atoms with Crippen molar-refractivity contribution in [3.63, 3.8) is 0 Å². The Balaban J connectivity index is 1.89. The van der Waals surface area contributed by atoms with Gasteiger partial charge in [-0.15, -0.1) is 0 Å². The summed E-state index contributed by atoms with van der Waals surface area (Å²) in [6.07, 6.45) is 0.791. The molecule has 0 spiro atoms. The number of hydrogen-bond donors (Lipinski definition) is 1. The van der Waals surface area contributed by atoms with Crippen molar-refractivity contribution in [2.24, 2.45) is 0 Å². The van der Waals surface area contributed by atoms with E-state index in [1.165, 1.54) is 31.3 Å². The molecule has 3 aromatic rings. The molecule has 0 saturated carbocycles. The molecule has 0 saturated heterocycles. The van der Waals surface area contributed by atoms with E-state index in [2.05, 4.69) is 5.32 Å². The quantitative estimate of drug-likeness (QED) is 0.564. The average molecular weight is 443 g/mol. The Kier molecular flexibility index (Phi) is 6.48. The standard InChI is InChI=1S/C23H23ClN2O3S/c1-4-17-8-5-7-16(2)22(17)25-23(27)18-9-6-10-20(15-18)26(3)30(28,29)21-13-11-19(24)12-14-21/h5-15H,4H2,1-3H3,(H,25,27). The van der Waals surface area contributed by atoms with Crippen LogP contribution in [0.5, 0.6) is 0 Å². The first kappa shape index (κ1) is 21.9. The summed E-state index contributed by atoms with van der Waals surface area (Å²) in [5.74, 6) is -0.293. The zero-order chi connectivity index (χ0) is 21.9. The van der Waals surface area contributed by atoms with E-state index in [1.807, 2.05) is 32.0 Å². The zero-order valence-electron chi connectivity index (χ0n) is 17.0. The second-order valence-electron chi connectivity index (χ2n) is 6.89. The van der Waals surface area contributed by atoms with E-state index in [9.17, 15) is 13.2 Å². The Bertz CT molecular complexity index is 1180. The molecule has 0 heterocycles. The molecule has 0 bridgehead atoms. The molecule has 0 aliphatic carbocycles. The minimum atomic E-state index is -3.78. The predicted octanol–water partition coefficient (Wildman–Crippen LogP) is 5.29. The lowest BCUT2D eigenvalue weighted by molar-refractivity contribution is 0.102. The summed E-state index contributed by atoms with van der Waals surface area (Å²) in [7, 11) is -2.33. The summed E-state index contributed by atoms with van der Waals surface area (Å²) < 4.78 is 27.0. The Morgan fingerprint density at radius 1 is 1.03 bits per heavy atom. The third-order valence-electron chi connectivity index (χ3n) is 4.92. The first-order chi connectivity index (χ1) is 14.2. The summed E-state index contributed by atoms with van der Waals surface area (Å²) in [6.45, 7) is 3.97. The van der Waals surface area contributed by atoms with Gasteiger partial charge in [-0.3, -0.25) is 9.10 Å². The molecule has 156 valence electrons. The van der Waals surface area contributed by atoms with E-state index < -0.39 is 10.0 Å². The first-order valence-electron chi connectivity index (χ1n) is 9.48. The second kappa shape index (κ2) is 8.90. The average Bonchev–Trinajstić information content (AvgIpc) is 2.75. The fourth-order valence-electron chi connectivity index (χ4n) is 3.13. The van der Waals surface area contributed by atoms with E-state index in [0.717, 1.165) is 27.5 Å². The normalized spacial score (nSPS) is 11.2. The molecule has 30 heavy (non-hydrogen) atoms. The number of nitrogens with zero attached hydrogens (tertiary/aromatic N) is 1. The number of para-hydroxylation sites is 1. The van der Waals surface area contributed by atoms with E-state index in [0.29, 0.717) is 16.3 Å². The molecule has 0 aliphatic heterocycles. The van der Waals surface area contributed by atoms with Gasteiger partial charge < -0.3 is 5.32 Å². The van der Waals surface area contributed by atoms with Gasteiger partial charge in [-0.05, 0) is 66.9 Å². The lowest BCUT2D eigenvalue weighted by atomic mass is 10.1. The Morgan fingerprint density at radius 2 is 1.70 bits per heavy atom. The number of benzene rings is 3. The molecule has 0 fully saturated rings. The smallest absolute Gasteiger partial charge is 0.264 e. The lowest BCUT2D eigenvalue weighted by Gasteiger charge is -2.20. The summed E-state index contributed by atoms with van der Waals surface area (Å²) in [4.78, 5) is 13.0. The topological polar surface area (TPSA) is 66.5 Å². The van der Waals surface area contributed by atoms with Gasteiger partial charge >= 0.3 is 0 Å². The van der Waals surface area contributed by atoms with Crippen LogP contribution < -0.4 is 9.62 Å². The van der Waals surface area contributed by atoms with Gasteiger partial charge in [-0.1, -0.05) is 42.8 Å². The molecule has 0 aliphatic rings. The summed E-state index contributed by atoms with van der Waals surface area (Å²) >= 11 is 5.86. The molecule has 0 unspecified atom stereocenters. The van der Waals surface area contributed by atoms with E-state index in [4.69, 9.17) is 11.6 Å². The van der Waals surface area contributed by atoms with Gasteiger partial charge in [0, 0.05) is 23.3 Å². The highest BCUT2D eigenvalue weighted by molar-refractivity contribution is 7.92. The first-order valence-corrected chi connectivity index (χ1v) is 11.3. The van der Waals surface area contributed by atoms with Crippen molar-refractivity contribution in [3.05, 3.63) is 88.4 Å². The van der Waals surface area contributed by atoms with Gasteiger partial charge in [-0.2, -0.15) is 0 Å². The molecular formula is C23H23ClN2O3S. The van der Waals surface area contributed by atoms with Crippen LogP contribution in [0.2, 0.25) is 5.02 Å². The van der Waals surface area contributed by atoms with Crippen LogP contribution in [-0.2, 0) is 16.4 Å². The highest BCUT2D eigenvalue weighted by Crippen LogP contribution is 2.26. The summed E-state index contributed by atoms with van der Waals surface area (Å²) in [5, 5.41) is 3.42. The van der Waals surface area contributed by atoms with Crippen LogP contribution in [0.1, 0.15) is 28.4 Å².